The highest BCUT2D eigenvalue weighted by molar-refractivity contribution is 7.89. The van der Waals surface area contributed by atoms with E-state index >= 15 is 0 Å². The van der Waals surface area contributed by atoms with Gasteiger partial charge in [0.25, 0.3) is 0 Å². The second kappa shape index (κ2) is 8.39. The van der Waals surface area contributed by atoms with Crippen LogP contribution < -0.4 is 5.32 Å². The number of benzene rings is 1. The number of fused-ring (bicyclic) bond motifs is 2. The number of sulfonamides is 1. The molecule has 1 aromatic carbocycles. The first-order valence-corrected chi connectivity index (χ1v) is 12.5. The number of halogens is 3. The fraction of sp³-hybridized carbons (Fsp3) is 0.682. The lowest BCUT2D eigenvalue weighted by atomic mass is 9.83. The van der Waals surface area contributed by atoms with Crippen molar-refractivity contribution in [3.63, 3.8) is 0 Å². The van der Waals surface area contributed by atoms with Gasteiger partial charge in [-0.2, -0.15) is 17.5 Å². The summed E-state index contributed by atoms with van der Waals surface area (Å²) < 4.78 is 66.7. The smallest absolute Gasteiger partial charge is 0.353 e. The van der Waals surface area contributed by atoms with E-state index in [1.807, 2.05) is 0 Å². The Bertz CT molecular complexity index is 926. The minimum absolute atomic E-state index is 0.0368. The minimum Gasteiger partial charge on any atom is -0.353 e. The summed E-state index contributed by atoms with van der Waals surface area (Å²) in [5, 5.41) is 3.14. The van der Waals surface area contributed by atoms with E-state index < -0.39 is 26.7 Å². The number of alkyl halides is 3. The largest absolute Gasteiger partial charge is 0.417 e. The Kier molecular flexibility index (Phi) is 6.11. The first-order chi connectivity index (χ1) is 14.6. The number of hydrogen-bond acceptors (Lipinski definition) is 3. The van der Waals surface area contributed by atoms with E-state index in [0.29, 0.717) is 24.7 Å². The zero-order chi connectivity index (χ0) is 22.4. The lowest BCUT2D eigenvalue weighted by molar-refractivity contribution is -0.139. The van der Waals surface area contributed by atoms with Crippen LogP contribution in [0.25, 0.3) is 0 Å². The van der Waals surface area contributed by atoms with Crippen LogP contribution in [0.5, 0.6) is 0 Å². The molecule has 172 valence electrons. The third-order valence-electron chi connectivity index (χ3n) is 7.44. The topological polar surface area (TPSA) is 66.5 Å². The molecule has 1 aromatic rings. The van der Waals surface area contributed by atoms with Crippen LogP contribution in [0, 0.1) is 23.7 Å². The van der Waals surface area contributed by atoms with E-state index in [1.54, 1.807) is 0 Å². The van der Waals surface area contributed by atoms with Crippen molar-refractivity contribution in [2.45, 2.75) is 62.6 Å². The Hall–Kier alpha value is -1.61. The molecule has 9 heteroatoms. The average molecular weight is 459 g/mol. The molecular weight excluding hydrogens is 429 g/mol. The molecule has 4 rings (SSSR count). The molecular formula is C22H29F3N2O3S. The first kappa shape index (κ1) is 22.6. The van der Waals surface area contributed by atoms with Crippen molar-refractivity contribution in [3.8, 4) is 0 Å². The van der Waals surface area contributed by atoms with Crippen LogP contribution in [-0.4, -0.2) is 37.8 Å². The fourth-order valence-electron chi connectivity index (χ4n) is 5.78. The normalized spacial score (nSPS) is 28.6. The van der Waals surface area contributed by atoms with Gasteiger partial charge in [0.05, 0.1) is 10.5 Å². The highest BCUT2D eigenvalue weighted by atomic mass is 32.2. The summed E-state index contributed by atoms with van der Waals surface area (Å²) in [6.45, 7) is 2.13. The molecule has 0 spiro atoms. The van der Waals surface area contributed by atoms with E-state index in [1.165, 1.54) is 37.8 Å². The molecule has 1 aliphatic heterocycles. The van der Waals surface area contributed by atoms with Crippen LogP contribution in [0.15, 0.2) is 29.2 Å². The van der Waals surface area contributed by atoms with Crippen LogP contribution in [0.1, 0.15) is 51.0 Å². The molecule has 31 heavy (non-hydrogen) atoms. The number of nitrogens with zero attached hydrogens (tertiary/aromatic N) is 1. The number of carbonyl (C=O) groups is 1. The number of amides is 1. The lowest BCUT2D eigenvalue weighted by Gasteiger charge is -2.33. The Labute approximate surface area is 181 Å². The number of piperidine rings is 1. The van der Waals surface area contributed by atoms with Gasteiger partial charge in [-0.25, -0.2) is 8.42 Å². The van der Waals surface area contributed by atoms with Crippen LogP contribution in [0.2, 0.25) is 0 Å². The highest BCUT2D eigenvalue weighted by Crippen LogP contribution is 2.49. The van der Waals surface area contributed by atoms with Crippen molar-refractivity contribution in [2.75, 3.05) is 13.1 Å². The van der Waals surface area contributed by atoms with Crippen LogP contribution in [0.4, 0.5) is 13.2 Å². The lowest BCUT2D eigenvalue weighted by Crippen LogP contribution is -2.47. The zero-order valence-corrected chi connectivity index (χ0v) is 18.4. The maximum Gasteiger partial charge on any atom is 0.417 e. The number of hydrogen-bond donors (Lipinski definition) is 1. The molecule has 4 unspecified atom stereocenters. The van der Waals surface area contributed by atoms with Crippen molar-refractivity contribution in [2.24, 2.45) is 23.7 Å². The highest BCUT2D eigenvalue weighted by Gasteiger charge is 2.43. The van der Waals surface area contributed by atoms with E-state index in [-0.39, 0.29) is 31.0 Å². The summed E-state index contributed by atoms with van der Waals surface area (Å²) in [6.07, 6.45) is 0.836. The molecule has 2 bridgehead atoms. The summed E-state index contributed by atoms with van der Waals surface area (Å²) in [5.41, 5.74) is -1.16. The van der Waals surface area contributed by atoms with E-state index in [4.69, 9.17) is 0 Å². The molecule has 0 radical (unpaired) electrons. The summed E-state index contributed by atoms with van der Waals surface area (Å²) in [7, 11) is -4.29. The molecule has 1 heterocycles. The van der Waals surface area contributed by atoms with Gasteiger partial charge in [-0.3, -0.25) is 4.79 Å². The number of nitrogens with one attached hydrogen (secondary N) is 1. The van der Waals surface area contributed by atoms with Gasteiger partial charge in [0.1, 0.15) is 0 Å². The summed E-state index contributed by atoms with van der Waals surface area (Å²) in [6, 6.07) is 4.34. The van der Waals surface area contributed by atoms with Gasteiger partial charge in [0.15, 0.2) is 0 Å². The van der Waals surface area contributed by atoms with Gasteiger partial charge in [0.2, 0.25) is 15.9 Å². The summed E-state index contributed by atoms with van der Waals surface area (Å²) >= 11 is 0. The third-order valence-corrected chi connectivity index (χ3v) is 9.40. The maximum atomic E-state index is 13.3. The van der Waals surface area contributed by atoms with Crippen LogP contribution in [-0.2, 0) is 21.0 Å². The van der Waals surface area contributed by atoms with E-state index in [9.17, 15) is 26.4 Å². The second-order valence-electron chi connectivity index (χ2n) is 9.31. The number of rotatable bonds is 5. The molecule has 1 amide bonds. The third kappa shape index (κ3) is 4.49. The number of carbonyl (C=O) groups excluding carboxylic acids is 1. The molecule has 1 N–H and O–H groups in total. The average Bonchev–Trinajstić information content (AvgIpc) is 3.37. The van der Waals surface area contributed by atoms with Crippen LogP contribution >= 0.6 is 0 Å². The van der Waals surface area contributed by atoms with E-state index in [0.717, 1.165) is 22.4 Å². The SMILES string of the molecule is CC(NC(=O)C1CCN(S(=O)(=O)c2ccccc2C(F)(F)F)CC1)C1CC2CCC1C2. The summed E-state index contributed by atoms with van der Waals surface area (Å²) in [5.74, 6) is 1.62. The van der Waals surface area contributed by atoms with Gasteiger partial charge in [-0.05, 0) is 68.9 Å². The molecule has 2 saturated carbocycles. The van der Waals surface area contributed by atoms with Gasteiger partial charge < -0.3 is 5.32 Å². The monoisotopic (exact) mass is 458 g/mol. The standard InChI is InChI=1S/C22H29F3N2O3S/c1-14(18-13-15-6-7-17(18)12-15)26-21(28)16-8-10-27(11-9-16)31(29,30)20-5-3-2-4-19(20)22(23,24)25/h2-5,14-18H,6-13H2,1H3,(H,26,28). The van der Waals surface area contributed by atoms with Crippen LogP contribution in [0.3, 0.4) is 0 Å². The van der Waals surface area contributed by atoms with Crippen molar-refractivity contribution >= 4 is 15.9 Å². The Morgan fingerprint density at radius 3 is 2.35 bits per heavy atom. The Morgan fingerprint density at radius 1 is 1.10 bits per heavy atom. The predicted octanol–water partition coefficient (Wildman–Crippen LogP) is 4.05. The molecule has 0 aromatic heterocycles. The van der Waals surface area contributed by atoms with Gasteiger partial charge in [0, 0.05) is 25.0 Å². The van der Waals surface area contributed by atoms with E-state index in [2.05, 4.69) is 12.2 Å². The van der Waals surface area contributed by atoms with Crippen molar-refractivity contribution in [1.82, 2.24) is 9.62 Å². The quantitative estimate of drug-likeness (QED) is 0.724. The summed E-state index contributed by atoms with van der Waals surface area (Å²) in [4.78, 5) is 12.0. The molecule has 3 fully saturated rings. The fourth-order valence-corrected chi connectivity index (χ4v) is 7.46. The van der Waals surface area contributed by atoms with Gasteiger partial charge >= 0.3 is 6.18 Å². The van der Waals surface area contributed by atoms with Crippen molar-refractivity contribution < 1.29 is 26.4 Å². The predicted molar refractivity (Wildman–Crippen MR) is 109 cm³/mol. The second-order valence-corrected chi connectivity index (χ2v) is 11.2. The molecule has 2 aliphatic carbocycles. The Balaban J connectivity index is 1.37. The minimum atomic E-state index is -4.75. The van der Waals surface area contributed by atoms with Crippen molar-refractivity contribution in [1.29, 1.82) is 0 Å². The first-order valence-electron chi connectivity index (χ1n) is 11.0. The molecule has 1 saturated heterocycles. The maximum absolute atomic E-state index is 13.3. The molecule has 4 atom stereocenters. The van der Waals surface area contributed by atoms with Gasteiger partial charge in [-0.1, -0.05) is 18.6 Å². The Morgan fingerprint density at radius 2 is 1.77 bits per heavy atom. The molecule has 5 nitrogen and oxygen atoms in total. The zero-order valence-electron chi connectivity index (χ0n) is 17.6. The molecule has 3 aliphatic rings. The van der Waals surface area contributed by atoms with Crippen molar-refractivity contribution in [3.05, 3.63) is 29.8 Å². The van der Waals surface area contributed by atoms with Gasteiger partial charge in [-0.15, -0.1) is 0 Å².